The molecule has 0 spiro atoms. The standard InChI is InChI=1S/C25H24N2O4/c1-3-18-10-4-6-13-21(18)26-23(28)16-31-25(30)20-12-5-7-14-22(20)27-24(29)19-11-8-9-17(2)15-19/h4-15H,3,16H2,1-2H3,(H,26,28)(H,27,29). The van der Waals surface area contributed by atoms with Gasteiger partial charge in [0.1, 0.15) is 0 Å². The molecule has 6 heteroatoms. The molecule has 6 nitrogen and oxygen atoms in total. The number of benzene rings is 3. The van der Waals surface area contributed by atoms with Gasteiger partial charge in [-0.3, -0.25) is 9.59 Å². The van der Waals surface area contributed by atoms with Crippen LogP contribution in [0, 0.1) is 6.92 Å². The fourth-order valence-electron chi connectivity index (χ4n) is 3.10. The largest absolute Gasteiger partial charge is 0.452 e. The average molecular weight is 416 g/mol. The second kappa shape index (κ2) is 10.2. The number of carbonyl (C=O) groups excluding carboxylic acids is 3. The summed E-state index contributed by atoms with van der Waals surface area (Å²) in [6.45, 7) is 3.45. The van der Waals surface area contributed by atoms with Gasteiger partial charge in [0.05, 0.1) is 11.3 Å². The molecule has 0 saturated heterocycles. The Hall–Kier alpha value is -3.93. The zero-order valence-corrected chi connectivity index (χ0v) is 17.5. The summed E-state index contributed by atoms with van der Waals surface area (Å²) in [6.07, 6.45) is 0.768. The van der Waals surface area contributed by atoms with Crippen LogP contribution < -0.4 is 10.6 Å². The zero-order valence-electron chi connectivity index (χ0n) is 17.5. The van der Waals surface area contributed by atoms with Crippen molar-refractivity contribution in [2.24, 2.45) is 0 Å². The molecular weight excluding hydrogens is 392 g/mol. The van der Waals surface area contributed by atoms with Crippen LogP contribution in [0.25, 0.3) is 0 Å². The van der Waals surface area contributed by atoms with E-state index >= 15 is 0 Å². The molecular formula is C25H24N2O4. The van der Waals surface area contributed by atoms with Crippen LogP contribution in [0.3, 0.4) is 0 Å². The topological polar surface area (TPSA) is 84.5 Å². The maximum absolute atomic E-state index is 12.6. The molecule has 0 saturated carbocycles. The van der Waals surface area contributed by atoms with E-state index < -0.39 is 18.5 Å². The van der Waals surface area contributed by atoms with Gasteiger partial charge in [0.2, 0.25) is 0 Å². The minimum absolute atomic E-state index is 0.172. The number of nitrogens with one attached hydrogen (secondary N) is 2. The Morgan fingerprint density at radius 2 is 1.55 bits per heavy atom. The van der Waals surface area contributed by atoms with Crippen molar-refractivity contribution in [3.8, 4) is 0 Å². The van der Waals surface area contributed by atoms with Crippen LogP contribution in [0.4, 0.5) is 11.4 Å². The fraction of sp³-hybridized carbons (Fsp3) is 0.160. The van der Waals surface area contributed by atoms with Crippen molar-refractivity contribution < 1.29 is 19.1 Å². The smallest absolute Gasteiger partial charge is 0.340 e. The van der Waals surface area contributed by atoms with Crippen molar-refractivity contribution in [1.82, 2.24) is 0 Å². The first kappa shape index (κ1) is 21.8. The molecule has 2 N–H and O–H groups in total. The van der Waals surface area contributed by atoms with Gasteiger partial charge in [0.15, 0.2) is 6.61 Å². The van der Waals surface area contributed by atoms with E-state index in [0.717, 1.165) is 17.5 Å². The predicted molar refractivity (Wildman–Crippen MR) is 120 cm³/mol. The maximum Gasteiger partial charge on any atom is 0.340 e. The minimum Gasteiger partial charge on any atom is -0.452 e. The van der Waals surface area contributed by atoms with Gasteiger partial charge in [-0.15, -0.1) is 0 Å². The lowest BCUT2D eigenvalue weighted by Crippen LogP contribution is -2.22. The molecule has 2 amide bonds. The molecule has 3 aromatic rings. The zero-order chi connectivity index (χ0) is 22.2. The molecule has 0 aliphatic carbocycles. The summed E-state index contributed by atoms with van der Waals surface area (Å²) >= 11 is 0. The van der Waals surface area contributed by atoms with Gasteiger partial charge in [0, 0.05) is 11.3 Å². The van der Waals surface area contributed by atoms with Crippen LogP contribution in [0.5, 0.6) is 0 Å². The summed E-state index contributed by atoms with van der Waals surface area (Å²) in [7, 11) is 0. The third-order valence-corrected chi connectivity index (χ3v) is 4.68. The number of para-hydroxylation sites is 2. The van der Waals surface area contributed by atoms with E-state index in [4.69, 9.17) is 4.74 Å². The summed E-state index contributed by atoms with van der Waals surface area (Å²) in [5.41, 5.74) is 3.61. The number of hydrogen-bond donors (Lipinski definition) is 2. The van der Waals surface area contributed by atoms with Crippen LogP contribution in [0.15, 0.2) is 72.8 Å². The van der Waals surface area contributed by atoms with Crippen LogP contribution in [0.1, 0.15) is 38.8 Å². The van der Waals surface area contributed by atoms with Gasteiger partial charge in [-0.05, 0) is 49.2 Å². The molecule has 3 aromatic carbocycles. The first-order valence-electron chi connectivity index (χ1n) is 10.00. The van der Waals surface area contributed by atoms with Gasteiger partial charge in [-0.25, -0.2) is 4.79 Å². The predicted octanol–water partition coefficient (Wildman–Crippen LogP) is 4.61. The molecule has 0 fully saturated rings. The van der Waals surface area contributed by atoms with E-state index in [9.17, 15) is 14.4 Å². The number of aryl methyl sites for hydroxylation is 2. The van der Waals surface area contributed by atoms with E-state index in [1.54, 1.807) is 48.5 Å². The molecule has 0 atom stereocenters. The summed E-state index contributed by atoms with van der Waals surface area (Å²) in [6, 6.07) is 21.1. The Labute approximate surface area is 181 Å². The Morgan fingerprint density at radius 3 is 2.29 bits per heavy atom. The second-order valence-electron chi connectivity index (χ2n) is 7.00. The molecule has 31 heavy (non-hydrogen) atoms. The van der Waals surface area contributed by atoms with Crippen LogP contribution in [-0.2, 0) is 16.0 Å². The van der Waals surface area contributed by atoms with Crippen molar-refractivity contribution in [3.63, 3.8) is 0 Å². The number of hydrogen-bond acceptors (Lipinski definition) is 4. The summed E-state index contributed by atoms with van der Waals surface area (Å²) in [5.74, 6) is -1.47. The number of anilines is 2. The number of carbonyl (C=O) groups is 3. The molecule has 0 radical (unpaired) electrons. The lowest BCUT2D eigenvalue weighted by Gasteiger charge is -2.12. The van der Waals surface area contributed by atoms with Crippen LogP contribution in [-0.4, -0.2) is 24.4 Å². The molecule has 0 heterocycles. The maximum atomic E-state index is 12.6. The van der Waals surface area contributed by atoms with E-state index in [2.05, 4.69) is 10.6 Å². The van der Waals surface area contributed by atoms with E-state index in [1.807, 2.05) is 38.1 Å². The average Bonchev–Trinajstić information content (AvgIpc) is 2.78. The number of ether oxygens (including phenoxy) is 1. The third kappa shape index (κ3) is 5.79. The molecule has 0 bridgehead atoms. The normalized spacial score (nSPS) is 10.3. The monoisotopic (exact) mass is 416 g/mol. The van der Waals surface area contributed by atoms with Gasteiger partial charge >= 0.3 is 5.97 Å². The van der Waals surface area contributed by atoms with E-state index in [0.29, 0.717) is 16.9 Å². The summed E-state index contributed by atoms with van der Waals surface area (Å²) in [4.78, 5) is 37.3. The van der Waals surface area contributed by atoms with Gasteiger partial charge in [0.25, 0.3) is 11.8 Å². The molecule has 0 aliphatic rings. The highest BCUT2D eigenvalue weighted by molar-refractivity contribution is 6.08. The minimum atomic E-state index is -0.695. The van der Waals surface area contributed by atoms with Gasteiger partial charge < -0.3 is 15.4 Å². The van der Waals surface area contributed by atoms with Crippen molar-refractivity contribution >= 4 is 29.2 Å². The molecule has 0 aliphatic heterocycles. The Balaban J connectivity index is 1.64. The summed E-state index contributed by atoms with van der Waals surface area (Å²) < 4.78 is 5.18. The highest BCUT2D eigenvalue weighted by Crippen LogP contribution is 2.18. The number of amides is 2. The number of rotatable bonds is 7. The summed E-state index contributed by atoms with van der Waals surface area (Å²) in [5, 5.41) is 5.49. The Bertz CT molecular complexity index is 1110. The van der Waals surface area contributed by atoms with Crippen molar-refractivity contribution in [2.45, 2.75) is 20.3 Å². The van der Waals surface area contributed by atoms with E-state index in [-0.39, 0.29) is 11.5 Å². The lowest BCUT2D eigenvalue weighted by atomic mass is 10.1. The quantitative estimate of drug-likeness (QED) is 0.551. The first-order valence-corrected chi connectivity index (χ1v) is 10.00. The fourth-order valence-corrected chi connectivity index (χ4v) is 3.10. The Morgan fingerprint density at radius 1 is 0.839 bits per heavy atom. The van der Waals surface area contributed by atoms with E-state index in [1.165, 1.54) is 0 Å². The third-order valence-electron chi connectivity index (χ3n) is 4.68. The highest BCUT2D eigenvalue weighted by atomic mass is 16.5. The molecule has 0 aromatic heterocycles. The van der Waals surface area contributed by atoms with Gasteiger partial charge in [-0.1, -0.05) is 55.0 Å². The van der Waals surface area contributed by atoms with Crippen molar-refractivity contribution in [1.29, 1.82) is 0 Å². The number of esters is 1. The first-order chi connectivity index (χ1) is 15.0. The van der Waals surface area contributed by atoms with Crippen molar-refractivity contribution in [2.75, 3.05) is 17.2 Å². The SMILES string of the molecule is CCc1ccccc1NC(=O)COC(=O)c1ccccc1NC(=O)c1cccc(C)c1. The molecule has 0 unspecified atom stereocenters. The Kier molecular flexibility index (Phi) is 7.17. The van der Waals surface area contributed by atoms with Crippen LogP contribution in [0.2, 0.25) is 0 Å². The van der Waals surface area contributed by atoms with Crippen molar-refractivity contribution in [3.05, 3.63) is 95.1 Å². The lowest BCUT2D eigenvalue weighted by molar-refractivity contribution is -0.119. The highest BCUT2D eigenvalue weighted by Gasteiger charge is 2.17. The van der Waals surface area contributed by atoms with Gasteiger partial charge in [-0.2, -0.15) is 0 Å². The molecule has 3 rings (SSSR count). The van der Waals surface area contributed by atoms with Crippen LogP contribution >= 0.6 is 0 Å². The molecule has 158 valence electrons. The second-order valence-corrected chi connectivity index (χ2v) is 7.00.